The van der Waals surface area contributed by atoms with Crippen LogP contribution in [0.2, 0.25) is 5.15 Å². The van der Waals surface area contributed by atoms with E-state index in [1.165, 1.54) is 0 Å². The van der Waals surface area contributed by atoms with Crippen LogP contribution in [-0.2, 0) is 7.05 Å². The molecule has 0 aromatic carbocycles. The molecule has 0 saturated carbocycles. The summed E-state index contributed by atoms with van der Waals surface area (Å²) in [6, 6.07) is 0. The van der Waals surface area contributed by atoms with Crippen LogP contribution >= 0.6 is 11.6 Å². The van der Waals surface area contributed by atoms with E-state index < -0.39 is 0 Å². The van der Waals surface area contributed by atoms with E-state index in [1.807, 2.05) is 31.7 Å². The Morgan fingerprint density at radius 3 is 2.61 bits per heavy atom. The molecule has 0 aliphatic rings. The van der Waals surface area contributed by atoms with E-state index in [0.717, 1.165) is 16.8 Å². The summed E-state index contributed by atoms with van der Waals surface area (Å²) < 4.78 is 3.48. The summed E-state index contributed by atoms with van der Waals surface area (Å²) in [5.41, 5.74) is 3.32. The average Bonchev–Trinajstić information content (AvgIpc) is 2.92. The minimum absolute atomic E-state index is 0.456. The fourth-order valence-corrected chi connectivity index (χ4v) is 2.00. The Labute approximate surface area is 108 Å². The second kappa shape index (κ2) is 3.78. The van der Waals surface area contributed by atoms with Crippen molar-refractivity contribution < 1.29 is 0 Å². The summed E-state index contributed by atoms with van der Waals surface area (Å²) in [6.07, 6.45) is 3.57. The van der Waals surface area contributed by atoms with Crippen LogP contribution in [0.3, 0.4) is 0 Å². The maximum absolute atomic E-state index is 6.10. The number of halogens is 1. The van der Waals surface area contributed by atoms with Crippen LogP contribution in [0.1, 0.15) is 11.1 Å². The van der Waals surface area contributed by atoms with Gasteiger partial charge in [0.25, 0.3) is 0 Å². The predicted octanol–water partition coefficient (Wildman–Crippen LogP) is 1.80. The molecular weight excluding hydrogens is 252 g/mol. The lowest BCUT2D eigenvalue weighted by Crippen LogP contribution is -2.00. The highest BCUT2D eigenvalue weighted by atomic mass is 35.5. The van der Waals surface area contributed by atoms with Crippen LogP contribution < -0.4 is 0 Å². The normalized spacial score (nSPS) is 11.3. The molecule has 3 aromatic rings. The van der Waals surface area contributed by atoms with Crippen LogP contribution in [0.25, 0.3) is 17.2 Å². The molecule has 0 N–H and O–H groups in total. The Bertz CT molecular complexity index is 741. The molecule has 3 aromatic heterocycles. The van der Waals surface area contributed by atoms with Crippen LogP contribution in [0.4, 0.5) is 0 Å². The molecule has 92 valence electrons. The fraction of sp³-hybridized carbons (Fsp3) is 0.273. The van der Waals surface area contributed by atoms with Gasteiger partial charge in [-0.25, -0.2) is 4.98 Å². The number of hydrogen-bond acceptors (Lipinski definition) is 4. The molecule has 0 aliphatic heterocycles. The summed E-state index contributed by atoms with van der Waals surface area (Å²) in [6.45, 7) is 3.87. The second-order valence-corrected chi connectivity index (χ2v) is 4.58. The van der Waals surface area contributed by atoms with Gasteiger partial charge < -0.3 is 4.57 Å². The highest BCUT2D eigenvalue weighted by Gasteiger charge is 2.16. The van der Waals surface area contributed by atoms with E-state index in [4.69, 9.17) is 11.6 Å². The van der Waals surface area contributed by atoms with Crippen molar-refractivity contribution >= 4 is 17.2 Å². The van der Waals surface area contributed by atoms with Crippen molar-refractivity contribution in [1.82, 2.24) is 29.4 Å². The number of fused-ring (bicyclic) bond motifs is 1. The van der Waals surface area contributed by atoms with Gasteiger partial charge in [-0.1, -0.05) is 11.6 Å². The van der Waals surface area contributed by atoms with Crippen molar-refractivity contribution in [1.29, 1.82) is 0 Å². The first-order chi connectivity index (χ1) is 8.58. The number of aryl methyl sites for hydroxylation is 2. The van der Waals surface area contributed by atoms with Crippen molar-refractivity contribution in [3.8, 4) is 11.5 Å². The third-order valence-corrected chi connectivity index (χ3v) is 3.33. The number of aromatic nitrogens is 6. The molecule has 3 heterocycles. The predicted molar refractivity (Wildman–Crippen MR) is 67.5 cm³/mol. The van der Waals surface area contributed by atoms with E-state index >= 15 is 0 Å². The average molecular weight is 263 g/mol. The minimum Gasteiger partial charge on any atom is -0.340 e. The Morgan fingerprint density at radius 1 is 1.17 bits per heavy atom. The molecule has 6 nitrogen and oxygen atoms in total. The molecule has 0 atom stereocenters. The molecule has 0 unspecified atom stereocenters. The molecule has 0 saturated heterocycles. The molecule has 0 bridgehead atoms. The second-order valence-electron chi connectivity index (χ2n) is 4.22. The SMILES string of the molecule is Cc1c(Cl)nn2c(-c3cn(C)cn3)nnc2c1C. The van der Waals surface area contributed by atoms with Gasteiger partial charge in [-0.15, -0.1) is 10.2 Å². The monoisotopic (exact) mass is 262 g/mol. The lowest BCUT2D eigenvalue weighted by molar-refractivity contribution is 0.909. The van der Waals surface area contributed by atoms with Gasteiger partial charge in [-0.2, -0.15) is 9.61 Å². The molecule has 3 rings (SSSR count). The maximum atomic E-state index is 6.10. The van der Waals surface area contributed by atoms with E-state index in [2.05, 4.69) is 20.3 Å². The molecule has 0 amide bonds. The van der Waals surface area contributed by atoms with Crippen LogP contribution in [0.15, 0.2) is 12.5 Å². The zero-order valence-corrected chi connectivity index (χ0v) is 11.0. The Kier molecular flexibility index (Phi) is 2.34. The van der Waals surface area contributed by atoms with Crippen molar-refractivity contribution in [3.63, 3.8) is 0 Å². The number of imidazole rings is 1. The molecule has 0 spiro atoms. The van der Waals surface area contributed by atoms with E-state index in [-0.39, 0.29) is 0 Å². The molecule has 0 fully saturated rings. The topological polar surface area (TPSA) is 60.9 Å². The molecule has 0 radical (unpaired) electrons. The first-order valence-electron chi connectivity index (χ1n) is 5.44. The van der Waals surface area contributed by atoms with Gasteiger partial charge in [-0.3, -0.25) is 0 Å². The van der Waals surface area contributed by atoms with E-state index in [9.17, 15) is 0 Å². The van der Waals surface area contributed by atoms with Gasteiger partial charge in [0.15, 0.2) is 10.8 Å². The summed E-state index contributed by atoms with van der Waals surface area (Å²) in [5.74, 6) is 0.593. The minimum atomic E-state index is 0.456. The zero-order chi connectivity index (χ0) is 12.9. The van der Waals surface area contributed by atoms with Crippen LogP contribution in [0.5, 0.6) is 0 Å². The van der Waals surface area contributed by atoms with Crippen molar-refractivity contribution in [2.45, 2.75) is 13.8 Å². The first kappa shape index (κ1) is 11.2. The largest absolute Gasteiger partial charge is 0.340 e. The molecular formula is C11H11ClN6. The van der Waals surface area contributed by atoms with Crippen LogP contribution in [0, 0.1) is 13.8 Å². The third kappa shape index (κ3) is 1.49. The van der Waals surface area contributed by atoms with Gasteiger partial charge in [0.2, 0.25) is 5.82 Å². The smallest absolute Gasteiger partial charge is 0.205 e. The number of nitrogens with zero attached hydrogens (tertiary/aromatic N) is 6. The third-order valence-electron chi connectivity index (χ3n) is 2.97. The Balaban J connectivity index is 2.33. The van der Waals surface area contributed by atoms with E-state index in [0.29, 0.717) is 16.6 Å². The van der Waals surface area contributed by atoms with Crippen LogP contribution in [-0.4, -0.2) is 29.4 Å². The Morgan fingerprint density at radius 2 is 1.94 bits per heavy atom. The number of rotatable bonds is 1. The summed E-state index contributed by atoms with van der Waals surface area (Å²) in [5, 5.41) is 13.0. The van der Waals surface area contributed by atoms with Crippen molar-refractivity contribution in [2.24, 2.45) is 7.05 Å². The molecule has 0 aliphatic carbocycles. The number of hydrogen-bond donors (Lipinski definition) is 0. The van der Waals surface area contributed by atoms with Gasteiger partial charge in [0.1, 0.15) is 5.69 Å². The first-order valence-corrected chi connectivity index (χ1v) is 5.82. The zero-order valence-electron chi connectivity index (χ0n) is 10.2. The van der Waals surface area contributed by atoms with Gasteiger partial charge >= 0.3 is 0 Å². The summed E-state index contributed by atoms with van der Waals surface area (Å²) >= 11 is 6.10. The van der Waals surface area contributed by atoms with Gasteiger partial charge in [0, 0.05) is 18.8 Å². The van der Waals surface area contributed by atoms with Crippen molar-refractivity contribution in [2.75, 3.05) is 0 Å². The summed E-state index contributed by atoms with van der Waals surface area (Å²) in [4.78, 5) is 4.25. The van der Waals surface area contributed by atoms with Crippen molar-refractivity contribution in [3.05, 3.63) is 28.8 Å². The molecule has 7 heteroatoms. The maximum Gasteiger partial charge on any atom is 0.205 e. The highest BCUT2D eigenvalue weighted by Crippen LogP contribution is 2.22. The quantitative estimate of drug-likeness (QED) is 0.671. The summed E-state index contributed by atoms with van der Waals surface area (Å²) in [7, 11) is 1.90. The fourth-order valence-electron chi connectivity index (χ4n) is 1.78. The lowest BCUT2D eigenvalue weighted by atomic mass is 10.2. The highest BCUT2D eigenvalue weighted by molar-refractivity contribution is 6.30. The molecule has 18 heavy (non-hydrogen) atoms. The van der Waals surface area contributed by atoms with Gasteiger partial charge in [0.05, 0.1) is 6.33 Å². The lowest BCUT2D eigenvalue weighted by Gasteiger charge is -2.03. The van der Waals surface area contributed by atoms with E-state index in [1.54, 1.807) is 10.8 Å². The Hall–Kier alpha value is -1.95. The van der Waals surface area contributed by atoms with Gasteiger partial charge in [-0.05, 0) is 19.4 Å². The standard InChI is InChI=1S/C11H11ClN6/c1-6-7(2)10-14-15-11(18(10)16-9(6)12)8-4-17(3)5-13-8/h4-5H,1-3H3.